The van der Waals surface area contributed by atoms with E-state index in [1.165, 1.54) is 24.3 Å². The number of carbonyl (C=O) groups excluding carboxylic acids is 3. The average molecular weight is 538 g/mol. The summed E-state index contributed by atoms with van der Waals surface area (Å²) in [6, 6.07) is 0.664. The van der Waals surface area contributed by atoms with Gasteiger partial charge in [-0.3, -0.25) is 19.2 Å². The SMILES string of the molecule is CC(C)CC(NC(=O)C(N)CCCCN)C(=O)NC(CC(=O)O)C(=O)NC(Cc1ccc(O)cc1)C(=O)O. The Labute approximate surface area is 221 Å². The van der Waals surface area contributed by atoms with E-state index >= 15 is 0 Å². The largest absolute Gasteiger partial charge is 0.508 e. The summed E-state index contributed by atoms with van der Waals surface area (Å²) in [5.74, 6) is -5.22. The molecule has 10 N–H and O–H groups in total. The van der Waals surface area contributed by atoms with Crippen LogP contribution >= 0.6 is 0 Å². The van der Waals surface area contributed by atoms with E-state index in [-0.39, 0.29) is 24.5 Å². The van der Waals surface area contributed by atoms with Crippen LogP contribution in [0.15, 0.2) is 24.3 Å². The molecule has 1 aromatic rings. The number of phenols is 1. The molecule has 4 unspecified atom stereocenters. The van der Waals surface area contributed by atoms with Gasteiger partial charge in [0, 0.05) is 6.42 Å². The molecule has 0 aromatic heterocycles. The summed E-state index contributed by atoms with van der Waals surface area (Å²) < 4.78 is 0. The molecule has 0 aliphatic heterocycles. The molecule has 38 heavy (non-hydrogen) atoms. The summed E-state index contributed by atoms with van der Waals surface area (Å²) in [5, 5.41) is 35.4. The maximum Gasteiger partial charge on any atom is 0.326 e. The summed E-state index contributed by atoms with van der Waals surface area (Å²) in [6.45, 7) is 4.09. The molecule has 0 fully saturated rings. The lowest BCUT2D eigenvalue weighted by Crippen LogP contribution is -2.57. The molecule has 0 bridgehead atoms. The van der Waals surface area contributed by atoms with E-state index in [0.29, 0.717) is 31.4 Å². The van der Waals surface area contributed by atoms with E-state index in [4.69, 9.17) is 11.5 Å². The second kappa shape index (κ2) is 16.2. The molecule has 0 aliphatic carbocycles. The molecule has 0 radical (unpaired) electrons. The normalized spacial score (nSPS) is 14.1. The van der Waals surface area contributed by atoms with Crippen molar-refractivity contribution in [2.45, 2.75) is 76.5 Å². The van der Waals surface area contributed by atoms with Gasteiger partial charge in [-0.2, -0.15) is 0 Å². The first kappa shape index (κ1) is 32.3. The number of benzene rings is 1. The minimum Gasteiger partial charge on any atom is -0.508 e. The predicted octanol–water partition coefficient (Wildman–Crippen LogP) is -0.549. The van der Waals surface area contributed by atoms with Crippen LogP contribution < -0.4 is 27.4 Å². The first-order valence-electron chi connectivity index (χ1n) is 12.4. The molecule has 3 amide bonds. The van der Waals surface area contributed by atoms with Crippen molar-refractivity contribution in [1.29, 1.82) is 0 Å². The van der Waals surface area contributed by atoms with Crippen molar-refractivity contribution >= 4 is 29.7 Å². The second-order valence-corrected chi connectivity index (χ2v) is 9.51. The van der Waals surface area contributed by atoms with Crippen molar-refractivity contribution in [2.75, 3.05) is 6.54 Å². The van der Waals surface area contributed by atoms with Gasteiger partial charge in [0.1, 0.15) is 23.9 Å². The van der Waals surface area contributed by atoms with Gasteiger partial charge in [-0.15, -0.1) is 0 Å². The average Bonchev–Trinajstić information content (AvgIpc) is 2.83. The maximum absolute atomic E-state index is 13.0. The number of amides is 3. The topological polar surface area (TPSA) is 234 Å². The lowest BCUT2D eigenvalue weighted by Gasteiger charge is -2.25. The van der Waals surface area contributed by atoms with Crippen LogP contribution in [0.3, 0.4) is 0 Å². The number of nitrogens with one attached hydrogen (secondary N) is 3. The van der Waals surface area contributed by atoms with Gasteiger partial charge in [-0.25, -0.2) is 4.79 Å². The number of aromatic hydroxyl groups is 1. The summed E-state index contributed by atoms with van der Waals surface area (Å²) in [4.78, 5) is 61.6. The van der Waals surface area contributed by atoms with E-state index in [1.807, 2.05) is 13.8 Å². The highest BCUT2D eigenvalue weighted by Gasteiger charge is 2.32. The summed E-state index contributed by atoms with van der Waals surface area (Å²) >= 11 is 0. The quantitative estimate of drug-likeness (QED) is 0.118. The van der Waals surface area contributed by atoms with Crippen molar-refractivity contribution in [3.8, 4) is 5.75 Å². The van der Waals surface area contributed by atoms with Crippen LogP contribution in [0, 0.1) is 5.92 Å². The molecule has 1 aromatic carbocycles. The zero-order chi connectivity index (χ0) is 28.8. The summed E-state index contributed by atoms with van der Waals surface area (Å²) in [7, 11) is 0. The van der Waals surface area contributed by atoms with E-state index in [9.17, 15) is 39.3 Å². The highest BCUT2D eigenvalue weighted by molar-refractivity contribution is 5.95. The third-order valence-corrected chi connectivity index (χ3v) is 5.65. The molecule has 4 atom stereocenters. The number of nitrogens with two attached hydrogens (primary N) is 2. The molecule has 212 valence electrons. The number of rotatable bonds is 17. The zero-order valence-electron chi connectivity index (χ0n) is 21.7. The van der Waals surface area contributed by atoms with Crippen LogP contribution in [-0.4, -0.2) is 75.7 Å². The van der Waals surface area contributed by atoms with Gasteiger partial charge < -0.3 is 42.7 Å². The van der Waals surface area contributed by atoms with E-state index in [0.717, 1.165) is 0 Å². The minimum atomic E-state index is -1.61. The number of hydrogen-bond acceptors (Lipinski definition) is 8. The van der Waals surface area contributed by atoms with Gasteiger partial charge in [0.15, 0.2) is 0 Å². The van der Waals surface area contributed by atoms with Crippen molar-refractivity contribution in [2.24, 2.45) is 17.4 Å². The van der Waals surface area contributed by atoms with Crippen molar-refractivity contribution < 1.29 is 39.3 Å². The van der Waals surface area contributed by atoms with Crippen molar-refractivity contribution in [3.05, 3.63) is 29.8 Å². The Kier molecular flexibility index (Phi) is 13.8. The fourth-order valence-electron chi connectivity index (χ4n) is 3.62. The predicted molar refractivity (Wildman–Crippen MR) is 138 cm³/mol. The number of carboxylic acids is 2. The van der Waals surface area contributed by atoms with Gasteiger partial charge in [0.25, 0.3) is 0 Å². The maximum atomic E-state index is 13.0. The third kappa shape index (κ3) is 12.0. The molecule has 0 saturated heterocycles. The molecule has 0 saturated carbocycles. The van der Waals surface area contributed by atoms with Gasteiger partial charge in [-0.05, 0) is 49.4 Å². The van der Waals surface area contributed by atoms with Crippen LogP contribution in [0.4, 0.5) is 0 Å². The zero-order valence-corrected chi connectivity index (χ0v) is 21.7. The fourth-order valence-corrected chi connectivity index (χ4v) is 3.62. The van der Waals surface area contributed by atoms with E-state index in [1.54, 1.807) is 0 Å². The van der Waals surface area contributed by atoms with Crippen LogP contribution in [0.1, 0.15) is 51.5 Å². The number of carbonyl (C=O) groups is 5. The Balaban J connectivity index is 2.98. The lowest BCUT2D eigenvalue weighted by atomic mass is 10.0. The van der Waals surface area contributed by atoms with Crippen LogP contribution in [-0.2, 0) is 30.4 Å². The molecule has 13 nitrogen and oxygen atoms in total. The van der Waals surface area contributed by atoms with Gasteiger partial charge in [0.05, 0.1) is 12.5 Å². The molecular formula is C25H39N5O8. The standard InChI is InChI=1S/C25H39N5O8/c1-14(2)11-18(28-22(34)17(27)5-3-4-10-26)23(35)29-19(13-21(32)33)24(36)30-20(25(37)38)12-15-6-8-16(31)9-7-15/h6-9,14,17-20,31H,3-5,10-13,26-27H2,1-2H3,(H,28,34)(H,29,35)(H,30,36)(H,32,33)(H,37,38). The highest BCUT2D eigenvalue weighted by atomic mass is 16.4. The first-order chi connectivity index (χ1) is 17.8. The van der Waals surface area contributed by atoms with Gasteiger partial charge in [0.2, 0.25) is 17.7 Å². The summed E-state index contributed by atoms with van der Waals surface area (Å²) in [6.07, 6.45) is 0.899. The smallest absolute Gasteiger partial charge is 0.326 e. The molecule has 13 heteroatoms. The van der Waals surface area contributed by atoms with E-state index in [2.05, 4.69) is 16.0 Å². The van der Waals surface area contributed by atoms with Crippen LogP contribution in [0.5, 0.6) is 5.75 Å². The monoisotopic (exact) mass is 537 g/mol. The summed E-state index contributed by atoms with van der Waals surface area (Å²) in [5.41, 5.74) is 11.9. The van der Waals surface area contributed by atoms with Crippen LogP contribution in [0.2, 0.25) is 0 Å². The Morgan fingerprint density at radius 2 is 1.39 bits per heavy atom. The molecule has 0 aliphatic rings. The number of hydrogen-bond donors (Lipinski definition) is 8. The van der Waals surface area contributed by atoms with Gasteiger partial charge >= 0.3 is 11.9 Å². The lowest BCUT2D eigenvalue weighted by molar-refractivity contribution is -0.143. The Morgan fingerprint density at radius 3 is 1.92 bits per heavy atom. The Hall–Kier alpha value is -3.71. The number of aliphatic carboxylic acids is 2. The number of unbranched alkanes of at least 4 members (excludes halogenated alkanes) is 1. The van der Waals surface area contributed by atoms with Crippen molar-refractivity contribution in [1.82, 2.24) is 16.0 Å². The number of carboxylic acid groups (broad SMARTS) is 2. The Morgan fingerprint density at radius 1 is 0.842 bits per heavy atom. The Bertz CT molecular complexity index is 954. The number of phenolic OH excluding ortho intramolecular Hbond substituents is 1. The molecular weight excluding hydrogens is 498 g/mol. The fraction of sp³-hybridized carbons (Fsp3) is 0.560. The highest BCUT2D eigenvalue weighted by Crippen LogP contribution is 2.12. The molecule has 0 spiro atoms. The molecule has 1 rings (SSSR count). The molecule has 0 heterocycles. The van der Waals surface area contributed by atoms with Crippen LogP contribution in [0.25, 0.3) is 0 Å². The first-order valence-corrected chi connectivity index (χ1v) is 12.4. The van der Waals surface area contributed by atoms with Crippen molar-refractivity contribution in [3.63, 3.8) is 0 Å². The minimum absolute atomic E-state index is 0.0200. The van der Waals surface area contributed by atoms with Gasteiger partial charge in [-0.1, -0.05) is 32.4 Å². The van der Waals surface area contributed by atoms with E-state index < -0.39 is 60.2 Å². The second-order valence-electron chi connectivity index (χ2n) is 9.51. The third-order valence-electron chi connectivity index (χ3n) is 5.65.